The van der Waals surface area contributed by atoms with Crippen LogP contribution in [0.1, 0.15) is 30.6 Å². The predicted octanol–water partition coefficient (Wildman–Crippen LogP) is 2.59. The van der Waals surface area contributed by atoms with Gasteiger partial charge in [-0.15, -0.1) is 12.4 Å². The molecule has 2 aromatic rings. The quantitative estimate of drug-likeness (QED) is 0.881. The molecule has 0 saturated heterocycles. The molecule has 108 valence electrons. The second kappa shape index (κ2) is 6.13. The molecule has 1 aliphatic rings. The van der Waals surface area contributed by atoms with E-state index in [1.54, 1.807) is 0 Å². The summed E-state index contributed by atoms with van der Waals surface area (Å²) >= 11 is 0. The minimum absolute atomic E-state index is 0. The van der Waals surface area contributed by atoms with Gasteiger partial charge in [-0.3, -0.25) is 0 Å². The first-order chi connectivity index (χ1) is 9.28. The van der Waals surface area contributed by atoms with Crippen molar-refractivity contribution in [2.75, 3.05) is 17.2 Å². The molecular weight excluding hydrogens is 276 g/mol. The van der Waals surface area contributed by atoms with Gasteiger partial charge in [-0.1, -0.05) is 18.1 Å². The number of benzene rings is 1. The van der Waals surface area contributed by atoms with Crippen LogP contribution in [0.25, 0.3) is 0 Å². The second-order valence-corrected chi connectivity index (χ2v) is 4.83. The van der Waals surface area contributed by atoms with Crippen LogP contribution in [0.5, 0.6) is 0 Å². The monoisotopic (exact) mass is 294 g/mol. The molecule has 0 saturated carbocycles. The third-order valence-electron chi connectivity index (χ3n) is 3.53. The van der Waals surface area contributed by atoms with Crippen LogP contribution in [0.3, 0.4) is 0 Å². The molecule has 5 nitrogen and oxygen atoms in total. The summed E-state index contributed by atoms with van der Waals surface area (Å²) in [5, 5.41) is 4.02. The van der Waals surface area contributed by atoms with Crippen molar-refractivity contribution < 1.29 is 4.52 Å². The summed E-state index contributed by atoms with van der Waals surface area (Å²) in [6.07, 6.45) is 2.93. The Kier molecular flexibility index (Phi) is 4.49. The van der Waals surface area contributed by atoms with Crippen molar-refractivity contribution in [1.82, 2.24) is 10.1 Å². The fourth-order valence-corrected chi connectivity index (χ4v) is 2.56. The number of nitrogen functional groups attached to an aromatic ring is 1. The Balaban J connectivity index is 0.00000147. The molecule has 1 aromatic heterocycles. The highest BCUT2D eigenvalue weighted by atomic mass is 35.5. The SMILES string of the molecule is CCc1nc(CN2CCCc3c(N)cccc32)no1.Cl. The van der Waals surface area contributed by atoms with Gasteiger partial charge in [0.05, 0.1) is 6.54 Å². The van der Waals surface area contributed by atoms with Crippen LogP contribution in [0.2, 0.25) is 0 Å². The highest BCUT2D eigenvalue weighted by Gasteiger charge is 2.20. The van der Waals surface area contributed by atoms with Crippen LogP contribution in [0, 0.1) is 0 Å². The summed E-state index contributed by atoms with van der Waals surface area (Å²) < 4.78 is 5.15. The molecule has 0 atom stereocenters. The molecule has 2 N–H and O–H groups in total. The smallest absolute Gasteiger partial charge is 0.226 e. The van der Waals surface area contributed by atoms with Crippen molar-refractivity contribution in [2.24, 2.45) is 0 Å². The molecule has 1 aliphatic heterocycles. The van der Waals surface area contributed by atoms with Crippen molar-refractivity contribution in [3.63, 3.8) is 0 Å². The van der Waals surface area contributed by atoms with E-state index in [-0.39, 0.29) is 12.4 Å². The summed E-state index contributed by atoms with van der Waals surface area (Å²) in [5.74, 6) is 1.44. The van der Waals surface area contributed by atoms with E-state index in [4.69, 9.17) is 10.3 Å². The Morgan fingerprint density at radius 3 is 3.00 bits per heavy atom. The van der Waals surface area contributed by atoms with Gasteiger partial charge < -0.3 is 15.2 Å². The van der Waals surface area contributed by atoms with Crippen LogP contribution in [0.4, 0.5) is 11.4 Å². The molecule has 3 rings (SSSR count). The number of halogens is 1. The van der Waals surface area contributed by atoms with Crippen LogP contribution < -0.4 is 10.6 Å². The topological polar surface area (TPSA) is 68.2 Å². The van der Waals surface area contributed by atoms with E-state index < -0.39 is 0 Å². The summed E-state index contributed by atoms with van der Waals surface area (Å²) in [7, 11) is 0. The number of hydrogen-bond acceptors (Lipinski definition) is 5. The number of anilines is 2. The number of aromatic nitrogens is 2. The maximum absolute atomic E-state index is 6.05. The second-order valence-electron chi connectivity index (χ2n) is 4.83. The molecule has 0 bridgehead atoms. The zero-order valence-corrected chi connectivity index (χ0v) is 12.3. The van der Waals surface area contributed by atoms with Gasteiger partial charge in [0.15, 0.2) is 5.82 Å². The van der Waals surface area contributed by atoms with Crippen LogP contribution in [-0.2, 0) is 19.4 Å². The van der Waals surface area contributed by atoms with E-state index in [1.807, 2.05) is 19.1 Å². The first-order valence-corrected chi connectivity index (χ1v) is 6.71. The summed E-state index contributed by atoms with van der Waals surface area (Å²) in [6.45, 7) is 3.70. The Bertz CT molecular complexity index is 584. The van der Waals surface area contributed by atoms with Crippen molar-refractivity contribution in [3.8, 4) is 0 Å². The summed E-state index contributed by atoms with van der Waals surface area (Å²) in [6, 6.07) is 6.08. The maximum Gasteiger partial charge on any atom is 0.226 e. The van der Waals surface area contributed by atoms with E-state index in [1.165, 1.54) is 11.3 Å². The maximum atomic E-state index is 6.05. The van der Waals surface area contributed by atoms with Gasteiger partial charge in [0.2, 0.25) is 5.89 Å². The third-order valence-corrected chi connectivity index (χ3v) is 3.53. The summed E-state index contributed by atoms with van der Waals surface area (Å²) in [5.41, 5.74) is 9.37. The Labute approximate surface area is 124 Å². The lowest BCUT2D eigenvalue weighted by Gasteiger charge is -2.30. The average Bonchev–Trinajstić information content (AvgIpc) is 2.88. The minimum atomic E-state index is 0. The highest BCUT2D eigenvalue weighted by molar-refractivity contribution is 5.85. The van der Waals surface area contributed by atoms with Gasteiger partial charge >= 0.3 is 0 Å². The average molecular weight is 295 g/mol. The number of fused-ring (bicyclic) bond motifs is 1. The molecule has 0 aliphatic carbocycles. The largest absolute Gasteiger partial charge is 0.398 e. The normalized spacial score (nSPS) is 13.8. The van der Waals surface area contributed by atoms with E-state index in [0.717, 1.165) is 37.3 Å². The standard InChI is InChI=1S/C14H18N4O.ClH/c1-2-14-16-13(17-19-14)9-18-8-4-5-10-11(15)6-3-7-12(10)18;/h3,6-7H,2,4-5,8-9,15H2,1H3;1H. The molecule has 0 amide bonds. The van der Waals surface area contributed by atoms with Gasteiger partial charge in [0.25, 0.3) is 0 Å². The Morgan fingerprint density at radius 1 is 1.40 bits per heavy atom. The van der Waals surface area contributed by atoms with Crippen molar-refractivity contribution in [3.05, 3.63) is 35.5 Å². The van der Waals surface area contributed by atoms with E-state index in [9.17, 15) is 0 Å². The van der Waals surface area contributed by atoms with Crippen molar-refractivity contribution in [2.45, 2.75) is 32.7 Å². The number of hydrogen-bond donors (Lipinski definition) is 1. The molecule has 2 heterocycles. The van der Waals surface area contributed by atoms with E-state index in [2.05, 4.69) is 21.1 Å². The fourth-order valence-electron chi connectivity index (χ4n) is 2.56. The minimum Gasteiger partial charge on any atom is -0.398 e. The molecule has 0 spiro atoms. The number of nitrogens with two attached hydrogens (primary N) is 1. The summed E-state index contributed by atoms with van der Waals surface area (Å²) in [4.78, 5) is 6.64. The predicted molar refractivity (Wildman–Crippen MR) is 81.1 cm³/mol. The molecular formula is C14H19ClN4O. The lowest BCUT2D eigenvalue weighted by molar-refractivity contribution is 0.376. The lowest BCUT2D eigenvalue weighted by atomic mass is 10.00. The Hall–Kier alpha value is -1.75. The van der Waals surface area contributed by atoms with Gasteiger partial charge in [0.1, 0.15) is 0 Å². The number of nitrogens with zero attached hydrogens (tertiary/aromatic N) is 3. The van der Waals surface area contributed by atoms with Crippen molar-refractivity contribution in [1.29, 1.82) is 0 Å². The van der Waals surface area contributed by atoms with Crippen LogP contribution >= 0.6 is 12.4 Å². The molecule has 0 unspecified atom stereocenters. The zero-order chi connectivity index (χ0) is 13.2. The van der Waals surface area contributed by atoms with Gasteiger partial charge in [-0.05, 0) is 30.5 Å². The first kappa shape index (κ1) is 14.7. The number of rotatable bonds is 3. The number of aryl methyl sites for hydroxylation is 1. The van der Waals surface area contributed by atoms with Crippen molar-refractivity contribution >= 4 is 23.8 Å². The van der Waals surface area contributed by atoms with Crippen LogP contribution in [0.15, 0.2) is 22.7 Å². The van der Waals surface area contributed by atoms with Gasteiger partial charge in [0, 0.05) is 24.3 Å². The first-order valence-electron chi connectivity index (χ1n) is 6.71. The zero-order valence-electron chi connectivity index (χ0n) is 11.5. The molecule has 20 heavy (non-hydrogen) atoms. The van der Waals surface area contributed by atoms with E-state index in [0.29, 0.717) is 12.4 Å². The highest BCUT2D eigenvalue weighted by Crippen LogP contribution is 2.31. The molecule has 6 heteroatoms. The lowest BCUT2D eigenvalue weighted by Crippen LogP contribution is -2.29. The van der Waals surface area contributed by atoms with E-state index >= 15 is 0 Å². The molecule has 1 aromatic carbocycles. The third kappa shape index (κ3) is 2.72. The Morgan fingerprint density at radius 2 is 2.25 bits per heavy atom. The molecule has 0 radical (unpaired) electrons. The van der Waals surface area contributed by atoms with Gasteiger partial charge in [-0.2, -0.15) is 4.98 Å². The van der Waals surface area contributed by atoms with Gasteiger partial charge in [-0.25, -0.2) is 0 Å². The fraction of sp³-hybridized carbons (Fsp3) is 0.429. The van der Waals surface area contributed by atoms with Crippen LogP contribution in [-0.4, -0.2) is 16.7 Å². The molecule has 0 fully saturated rings.